The van der Waals surface area contributed by atoms with Crippen LogP contribution in [-0.2, 0) is 16.0 Å². The summed E-state index contributed by atoms with van der Waals surface area (Å²) in [6.45, 7) is 0.706. The van der Waals surface area contributed by atoms with Gasteiger partial charge in [0.2, 0.25) is 0 Å². The van der Waals surface area contributed by atoms with Crippen LogP contribution in [0.25, 0.3) is 0 Å². The van der Waals surface area contributed by atoms with Crippen LogP contribution in [0.3, 0.4) is 0 Å². The van der Waals surface area contributed by atoms with Gasteiger partial charge in [-0.1, -0.05) is 12.1 Å². The number of nitrogens with two attached hydrogens (primary N) is 1. The maximum Gasteiger partial charge on any atom is 0.305 e. The lowest BCUT2D eigenvalue weighted by Gasteiger charge is -2.14. The number of aryl methyl sites for hydroxylation is 1. The smallest absolute Gasteiger partial charge is 0.305 e. The van der Waals surface area contributed by atoms with E-state index in [1.165, 1.54) is 7.11 Å². The molecule has 0 bridgehead atoms. The van der Waals surface area contributed by atoms with Crippen LogP contribution in [-0.4, -0.2) is 25.5 Å². The van der Waals surface area contributed by atoms with Crippen molar-refractivity contribution in [2.75, 3.05) is 13.7 Å². The zero-order chi connectivity index (χ0) is 14.5. The average Bonchev–Trinajstić information content (AvgIpc) is 2.66. The van der Waals surface area contributed by atoms with Gasteiger partial charge in [0, 0.05) is 24.6 Å². The summed E-state index contributed by atoms with van der Waals surface area (Å²) in [5.74, 6) is -0.313. The van der Waals surface area contributed by atoms with Crippen molar-refractivity contribution in [3.63, 3.8) is 0 Å². The molecule has 1 aliphatic rings. The highest BCUT2D eigenvalue weighted by atomic mass is 16.5. The number of hydrogen-bond acceptors (Lipinski definition) is 4. The Morgan fingerprint density at radius 2 is 2.30 bits per heavy atom. The number of methoxy groups -OCH3 is 1. The third-order valence-corrected chi connectivity index (χ3v) is 3.60. The number of ether oxygens (including phenoxy) is 1. The molecule has 5 heteroatoms. The van der Waals surface area contributed by atoms with Crippen molar-refractivity contribution in [3.8, 4) is 0 Å². The van der Waals surface area contributed by atoms with Crippen LogP contribution in [0.2, 0.25) is 0 Å². The standard InChI is InChI=1S/C15H20N2O3/c1-20-14(18)7-6-13(16)11-5-4-10-3-2-8-17-15(19)12(10)9-11/h4-5,9,13H,2-3,6-8,16H2,1H3,(H,17,19). The van der Waals surface area contributed by atoms with Gasteiger partial charge >= 0.3 is 5.97 Å². The first-order valence-corrected chi connectivity index (χ1v) is 6.85. The molecule has 0 spiro atoms. The van der Waals surface area contributed by atoms with Gasteiger partial charge < -0.3 is 15.8 Å². The third-order valence-electron chi connectivity index (χ3n) is 3.60. The molecule has 1 atom stereocenters. The van der Waals surface area contributed by atoms with Crippen molar-refractivity contribution in [1.29, 1.82) is 0 Å². The molecule has 0 aromatic heterocycles. The Morgan fingerprint density at radius 1 is 1.50 bits per heavy atom. The van der Waals surface area contributed by atoms with E-state index in [1.807, 2.05) is 18.2 Å². The highest BCUT2D eigenvalue weighted by Gasteiger charge is 2.17. The fraction of sp³-hybridized carbons (Fsp3) is 0.467. The molecule has 0 aliphatic carbocycles. The average molecular weight is 276 g/mol. The number of carbonyl (C=O) groups excluding carboxylic acids is 2. The number of carbonyl (C=O) groups is 2. The maximum absolute atomic E-state index is 12.0. The van der Waals surface area contributed by atoms with E-state index in [0.29, 0.717) is 18.5 Å². The summed E-state index contributed by atoms with van der Waals surface area (Å²) in [7, 11) is 1.36. The van der Waals surface area contributed by atoms with Gasteiger partial charge in [0.05, 0.1) is 7.11 Å². The van der Waals surface area contributed by atoms with Crippen LogP contribution >= 0.6 is 0 Å². The first-order valence-electron chi connectivity index (χ1n) is 6.85. The third kappa shape index (κ3) is 3.36. The van der Waals surface area contributed by atoms with E-state index in [4.69, 9.17) is 5.73 Å². The van der Waals surface area contributed by atoms with Gasteiger partial charge in [0.1, 0.15) is 0 Å². The van der Waals surface area contributed by atoms with Crippen molar-refractivity contribution < 1.29 is 14.3 Å². The van der Waals surface area contributed by atoms with E-state index in [1.54, 1.807) is 0 Å². The van der Waals surface area contributed by atoms with Gasteiger partial charge in [0.25, 0.3) is 5.91 Å². The Kier molecular flexibility index (Phi) is 4.74. The molecule has 1 aromatic carbocycles. The highest BCUT2D eigenvalue weighted by Crippen LogP contribution is 2.22. The quantitative estimate of drug-likeness (QED) is 0.813. The zero-order valence-electron chi connectivity index (χ0n) is 11.6. The van der Waals surface area contributed by atoms with E-state index in [2.05, 4.69) is 10.1 Å². The van der Waals surface area contributed by atoms with Crippen LogP contribution in [0, 0.1) is 0 Å². The van der Waals surface area contributed by atoms with E-state index in [9.17, 15) is 9.59 Å². The van der Waals surface area contributed by atoms with Gasteiger partial charge in [-0.3, -0.25) is 9.59 Å². The molecule has 1 heterocycles. The lowest BCUT2D eigenvalue weighted by Crippen LogP contribution is -2.23. The van der Waals surface area contributed by atoms with E-state index in [0.717, 1.165) is 24.0 Å². The zero-order valence-corrected chi connectivity index (χ0v) is 11.6. The first kappa shape index (κ1) is 14.5. The molecule has 1 unspecified atom stereocenters. The maximum atomic E-state index is 12.0. The number of esters is 1. The molecule has 1 amide bonds. The molecule has 108 valence electrons. The van der Waals surface area contributed by atoms with Crippen molar-refractivity contribution >= 4 is 11.9 Å². The Balaban J connectivity index is 2.13. The molecule has 3 N–H and O–H groups in total. The Labute approximate surface area is 118 Å². The fourth-order valence-electron chi connectivity index (χ4n) is 2.37. The lowest BCUT2D eigenvalue weighted by molar-refractivity contribution is -0.140. The summed E-state index contributed by atoms with van der Waals surface area (Å²) in [5.41, 5.74) is 8.72. The minimum absolute atomic E-state index is 0.0421. The Bertz CT molecular complexity index is 514. The number of fused-ring (bicyclic) bond motifs is 1. The second-order valence-corrected chi connectivity index (χ2v) is 5.00. The monoisotopic (exact) mass is 276 g/mol. The minimum atomic E-state index is -0.270. The first-order chi connectivity index (χ1) is 9.61. The van der Waals surface area contributed by atoms with Gasteiger partial charge in [-0.2, -0.15) is 0 Å². The summed E-state index contributed by atoms with van der Waals surface area (Å²) in [6, 6.07) is 5.49. The molecule has 0 saturated carbocycles. The van der Waals surface area contributed by atoms with Crippen molar-refractivity contribution in [3.05, 3.63) is 34.9 Å². The molecular formula is C15H20N2O3. The molecule has 0 radical (unpaired) electrons. The van der Waals surface area contributed by atoms with Crippen molar-refractivity contribution in [1.82, 2.24) is 5.32 Å². The number of rotatable bonds is 4. The van der Waals surface area contributed by atoms with Gasteiger partial charge in [-0.15, -0.1) is 0 Å². The fourth-order valence-corrected chi connectivity index (χ4v) is 2.37. The van der Waals surface area contributed by atoms with Gasteiger partial charge in [0.15, 0.2) is 0 Å². The van der Waals surface area contributed by atoms with Crippen LogP contribution in [0.15, 0.2) is 18.2 Å². The van der Waals surface area contributed by atoms with Gasteiger partial charge in [-0.25, -0.2) is 0 Å². The number of nitrogens with one attached hydrogen (secondary N) is 1. The number of amides is 1. The van der Waals surface area contributed by atoms with E-state index < -0.39 is 0 Å². The van der Waals surface area contributed by atoms with Crippen LogP contribution in [0.1, 0.15) is 46.8 Å². The molecule has 1 aliphatic heterocycles. The molecule has 20 heavy (non-hydrogen) atoms. The molecule has 1 aromatic rings. The molecule has 0 fully saturated rings. The molecule has 2 rings (SSSR count). The summed E-state index contributed by atoms with van der Waals surface area (Å²) >= 11 is 0. The van der Waals surface area contributed by atoms with Crippen LogP contribution in [0.5, 0.6) is 0 Å². The second kappa shape index (κ2) is 6.52. The van der Waals surface area contributed by atoms with Gasteiger partial charge in [-0.05, 0) is 36.5 Å². The van der Waals surface area contributed by atoms with Crippen molar-refractivity contribution in [2.45, 2.75) is 31.7 Å². The molecular weight excluding hydrogens is 256 g/mol. The Morgan fingerprint density at radius 3 is 3.05 bits per heavy atom. The number of hydrogen-bond donors (Lipinski definition) is 2. The highest BCUT2D eigenvalue weighted by molar-refractivity contribution is 5.96. The Hall–Kier alpha value is -1.88. The summed E-state index contributed by atoms with van der Waals surface area (Å²) in [6.07, 6.45) is 2.63. The van der Waals surface area contributed by atoms with Crippen molar-refractivity contribution in [2.24, 2.45) is 5.73 Å². The minimum Gasteiger partial charge on any atom is -0.469 e. The van der Waals surface area contributed by atoms with Crippen LogP contribution < -0.4 is 11.1 Å². The van der Waals surface area contributed by atoms with Crippen LogP contribution in [0.4, 0.5) is 0 Å². The van der Waals surface area contributed by atoms with E-state index >= 15 is 0 Å². The number of benzene rings is 1. The predicted molar refractivity (Wildman–Crippen MR) is 75.3 cm³/mol. The summed E-state index contributed by atoms with van der Waals surface area (Å²) < 4.78 is 4.60. The summed E-state index contributed by atoms with van der Waals surface area (Å²) in [5, 5.41) is 2.87. The van der Waals surface area contributed by atoms with E-state index in [-0.39, 0.29) is 24.3 Å². The second-order valence-electron chi connectivity index (χ2n) is 5.00. The summed E-state index contributed by atoms with van der Waals surface area (Å²) in [4.78, 5) is 23.1. The SMILES string of the molecule is COC(=O)CCC(N)c1ccc2c(c1)C(=O)NCCC2. The largest absolute Gasteiger partial charge is 0.469 e. The normalized spacial score (nSPS) is 15.8. The predicted octanol–water partition coefficient (Wildman–Crippen LogP) is 1.32. The lowest BCUT2D eigenvalue weighted by atomic mass is 9.96. The molecule has 0 saturated heterocycles. The topological polar surface area (TPSA) is 81.4 Å². The molecule has 5 nitrogen and oxygen atoms in total.